The third kappa shape index (κ3) is 4.81. The smallest absolute Gasteiger partial charge is 0.143 e. The Morgan fingerprint density at radius 1 is 0.418 bits per heavy atom. The first-order valence-corrected chi connectivity index (χ1v) is 19.1. The second-order valence-corrected chi connectivity index (χ2v) is 15.3. The Hall–Kier alpha value is -6.90. The zero-order chi connectivity index (χ0) is 36.7. The van der Waals surface area contributed by atoms with Crippen molar-refractivity contribution in [2.75, 3.05) is 4.90 Å². The van der Waals surface area contributed by atoms with E-state index in [9.17, 15) is 0 Å². The first-order chi connectivity index (χ1) is 27.0. The average molecular weight is 704 g/mol. The largest absolute Gasteiger partial charge is 0.455 e. The van der Waals surface area contributed by atoms with Gasteiger partial charge in [0.15, 0.2) is 0 Å². The van der Waals surface area contributed by atoms with Gasteiger partial charge in [0, 0.05) is 38.3 Å². The van der Waals surface area contributed by atoms with Crippen LogP contribution in [0.4, 0.5) is 17.1 Å². The van der Waals surface area contributed by atoms with Gasteiger partial charge in [-0.05, 0) is 91.7 Å². The topological polar surface area (TPSA) is 16.4 Å². The summed E-state index contributed by atoms with van der Waals surface area (Å²) in [5, 5.41) is 6.92. The van der Waals surface area contributed by atoms with Gasteiger partial charge in [0.1, 0.15) is 11.2 Å². The van der Waals surface area contributed by atoms with Crippen LogP contribution in [-0.4, -0.2) is 0 Å². The van der Waals surface area contributed by atoms with Gasteiger partial charge in [-0.15, -0.1) is 0 Å². The molecule has 0 saturated carbocycles. The van der Waals surface area contributed by atoms with Crippen molar-refractivity contribution >= 4 is 60.5 Å². The van der Waals surface area contributed by atoms with E-state index in [4.69, 9.17) is 4.42 Å². The van der Waals surface area contributed by atoms with Crippen LogP contribution < -0.4 is 4.90 Å². The van der Waals surface area contributed by atoms with Gasteiger partial charge in [-0.2, -0.15) is 0 Å². The van der Waals surface area contributed by atoms with Gasteiger partial charge in [0.2, 0.25) is 0 Å². The van der Waals surface area contributed by atoms with Crippen LogP contribution in [0.5, 0.6) is 0 Å². The molecule has 0 spiro atoms. The van der Waals surface area contributed by atoms with E-state index in [1.54, 1.807) is 0 Å². The second kappa shape index (κ2) is 12.1. The minimum Gasteiger partial charge on any atom is -0.455 e. The molecular weight excluding hydrogens is 667 g/mol. The summed E-state index contributed by atoms with van der Waals surface area (Å²) in [6.45, 7) is 4.71. The molecule has 0 atom stereocenters. The standard InChI is InChI=1S/C53H37NO/c1-53(2)47-24-11-10-19-41(47)42-31-30-38(32-48(42)53)54(37-28-26-35(27-29-37)34-14-4-3-5-15-34)49-33-46-51-44(40-22-12-17-36-16-6-7-18-39(36)40)23-13-25-50(51)55-52(46)45-21-9-8-20-43(45)49/h3-33H,1-2H3. The van der Waals surface area contributed by atoms with E-state index in [2.05, 4.69) is 207 Å². The lowest BCUT2D eigenvalue weighted by Gasteiger charge is -2.29. The highest BCUT2D eigenvalue weighted by atomic mass is 16.3. The molecule has 55 heavy (non-hydrogen) atoms. The summed E-state index contributed by atoms with van der Waals surface area (Å²) in [6.07, 6.45) is 0. The molecule has 2 heteroatoms. The quantitative estimate of drug-likeness (QED) is 0.177. The molecule has 0 saturated heterocycles. The number of anilines is 3. The normalized spacial score (nSPS) is 13.1. The summed E-state index contributed by atoms with van der Waals surface area (Å²) in [5.74, 6) is 0. The van der Waals surface area contributed by atoms with Crippen LogP contribution in [0.1, 0.15) is 25.0 Å². The Morgan fingerprint density at radius 3 is 1.89 bits per heavy atom. The Morgan fingerprint density at radius 2 is 1.04 bits per heavy atom. The summed E-state index contributed by atoms with van der Waals surface area (Å²) < 4.78 is 6.86. The molecule has 0 amide bonds. The van der Waals surface area contributed by atoms with E-state index >= 15 is 0 Å². The number of rotatable bonds is 5. The third-order valence-corrected chi connectivity index (χ3v) is 11.9. The maximum atomic E-state index is 6.86. The summed E-state index contributed by atoms with van der Waals surface area (Å²) >= 11 is 0. The van der Waals surface area contributed by atoms with E-state index in [0.717, 1.165) is 49.8 Å². The molecule has 11 rings (SSSR count). The molecule has 2 nitrogen and oxygen atoms in total. The van der Waals surface area contributed by atoms with Crippen LogP contribution in [0, 0.1) is 0 Å². The zero-order valence-corrected chi connectivity index (χ0v) is 30.8. The zero-order valence-electron chi connectivity index (χ0n) is 30.8. The Balaban J connectivity index is 1.19. The maximum Gasteiger partial charge on any atom is 0.143 e. The highest BCUT2D eigenvalue weighted by Crippen LogP contribution is 2.52. The Labute approximate surface area is 320 Å². The predicted molar refractivity (Wildman–Crippen MR) is 232 cm³/mol. The van der Waals surface area contributed by atoms with Crippen LogP contribution in [0.25, 0.3) is 76.9 Å². The third-order valence-electron chi connectivity index (χ3n) is 11.9. The van der Waals surface area contributed by atoms with Crippen molar-refractivity contribution in [3.05, 3.63) is 199 Å². The van der Waals surface area contributed by atoms with E-state index in [1.807, 2.05) is 0 Å². The maximum absolute atomic E-state index is 6.86. The summed E-state index contributed by atoms with van der Waals surface area (Å²) in [5.41, 5.74) is 15.1. The number of hydrogen-bond donors (Lipinski definition) is 0. The van der Waals surface area contributed by atoms with Crippen molar-refractivity contribution in [1.82, 2.24) is 0 Å². The number of furan rings is 1. The van der Waals surface area contributed by atoms with Gasteiger partial charge in [-0.3, -0.25) is 0 Å². The van der Waals surface area contributed by atoms with Crippen molar-refractivity contribution in [3.63, 3.8) is 0 Å². The van der Waals surface area contributed by atoms with Crippen LogP contribution in [0.2, 0.25) is 0 Å². The molecule has 0 aliphatic heterocycles. The number of nitrogens with zero attached hydrogens (tertiary/aromatic N) is 1. The van der Waals surface area contributed by atoms with Crippen molar-refractivity contribution in [2.45, 2.75) is 19.3 Å². The van der Waals surface area contributed by atoms with Crippen LogP contribution >= 0.6 is 0 Å². The lowest BCUT2D eigenvalue weighted by Crippen LogP contribution is -2.16. The van der Waals surface area contributed by atoms with Gasteiger partial charge in [0.25, 0.3) is 0 Å². The fraction of sp³-hybridized carbons (Fsp3) is 0.0566. The van der Waals surface area contributed by atoms with Crippen molar-refractivity contribution in [3.8, 4) is 33.4 Å². The molecule has 1 heterocycles. The van der Waals surface area contributed by atoms with Gasteiger partial charge < -0.3 is 9.32 Å². The molecule has 1 aliphatic carbocycles. The summed E-state index contributed by atoms with van der Waals surface area (Å²) in [7, 11) is 0. The van der Waals surface area contributed by atoms with Crippen LogP contribution in [0.3, 0.4) is 0 Å². The predicted octanol–water partition coefficient (Wildman–Crippen LogP) is 15.0. The molecule has 0 fully saturated rings. The monoisotopic (exact) mass is 703 g/mol. The first-order valence-electron chi connectivity index (χ1n) is 19.1. The fourth-order valence-electron chi connectivity index (χ4n) is 9.19. The lowest BCUT2D eigenvalue weighted by molar-refractivity contribution is 0.660. The van der Waals surface area contributed by atoms with Crippen LogP contribution in [0.15, 0.2) is 192 Å². The first kappa shape index (κ1) is 31.6. The molecule has 0 N–H and O–H groups in total. The van der Waals surface area contributed by atoms with Gasteiger partial charge >= 0.3 is 0 Å². The molecule has 0 unspecified atom stereocenters. The highest BCUT2D eigenvalue weighted by molar-refractivity contribution is 6.23. The van der Waals surface area contributed by atoms with E-state index in [-0.39, 0.29) is 5.41 Å². The van der Waals surface area contributed by atoms with Crippen molar-refractivity contribution in [1.29, 1.82) is 0 Å². The SMILES string of the molecule is CC1(C)c2ccccc2-c2ccc(N(c3ccc(-c4ccccc4)cc3)c3cc4c(oc5cccc(-c6cccc7ccccc67)c54)c4ccccc34)cc21. The number of benzene rings is 9. The molecular formula is C53H37NO. The molecule has 260 valence electrons. The van der Waals surface area contributed by atoms with Gasteiger partial charge in [-0.25, -0.2) is 0 Å². The van der Waals surface area contributed by atoms with Crippen LogP contribution in [-0.2, 0) is 5.41 Å². The van der Waals surface area contributed by atoms with Gasteiger partial charge in [0.05, 0.1) is 5.69 Å². The minimum absolute atomic E-state index is 0.134. The molecule has 1 aliphatic rings. The second-order valence-electron chi connectivity index (χ2n) is 15.3. The molecule has 0 bridgehead atoms. The van der Waals surface area contributed by atoms with Gasteiger partial charge in [-0.1, -0.05) is 166 Å². The number of hydrogen-bond acceptors (Lipinski definition) is 2. The Bertz CT molecular complexity index is 3110. The van der Waals surface area contributed by atoms with E-state index in [1.165, 1.54) is 55.3 Å². The van der Waals surface area contributed by atoms with E-state index < -0.39 is 0 Å². The lowest BCUT2D eigenvalue weighted by atomic mass is 9.82. The molecule has 1 aromatic heterocycles. The molecule has 9 aromatic carbocycles. The Kier molecular flexibility index (Phi) is 6.93. The molecule has 0 radical (unpaired) electrons. The minimum atomic E-state index is -0.134. The summed E-state index contributed by atoms with van der Waals surface area (Å²) in [6, 6.07) is 68.4. The molecule has 10 aromatic rings. The number of fused-ring (bicyclic) bond motifs is 9. The van der Waals surface area contributed by atoms with E-state index in [0.29, 0.717) is 0 Å². The van der Waals surface area contributed by atoms with Crippen molar-refractivity contribution in [2.24, 2.45) is 0 Å². The fourth-order valence-corrected chi connectivity index (χ4v) is 9.19. The highest BCUT2D eigenvalue weighted by Gasteiger charge is 2.36. The summed E-state index contributed by atoms with van der Waals surface area (Å²) in [4.78, 5) is 2.45. The van der Waals surface area contributed by atoms with Crippen molar-refractivity contribution < 1.29 is 4.42 Å². The average Bonchev–Trinajstić information content (AvgIpc) is 3.73.